The lowest BCUT2D eigenvalue weighted by atomic mass is 9.87. The van der Waals surface area contributed by atoms with E-state index < -0.39 is 0 Å². The van der Waals surface area contributed by atoms with E-state index in [-0.39, 0.29) is 11.3 Å². The van der Waals surface area contributed by atoms with Gasteiger partial charge in [0.2, 0.25) is 0 Å². The van der Waals surface area contributed by atoms with Gasteiger partial charge in [-0.3, -0.25) is 4.79 Å². The third-order valence-corrected chi connectivity index (χ3v) is 7.41. The number of nitrogens with one attached hydrogen (secondary N) is 1. The SMILES string of the molecule is Cc1c(NCc2ccc(C(C)(C)C)cc2)ncnc1C(=O)N1CCC(N2CCC(N)CC2)CC1. The molecule has 4 rings (SSSR count). The summed E-state index contributed by atoms with van der Waals surface area (Å²) in [6, 6.07) is 9.57. The maximum atomic E-state index is 13.3. The lowest BCUT2D eigenvalue weighted by Crippen LogP contribution is -2.50. The predicted octanol–water partition coefficient (Wildman–Crippen LogP) is 3.72. The van der Waals surface area contributed by atoms with E-state index in [1.807, 2.05) is 11.8 Å². The van der Waals surface area contributed by atoms with E-state index in [1.54, 1.807) is 0 Å². The smallest absolute Gasteiger partial charge is 0.272 e. The zero-order valence-corrected chi connectivity index (χ0v) is 21.2. The van der Waals surface area contributed by atoms with Crippen LogP contribution in [0.5, 0.6) is 0 Å². The summed E-state index contributed by atoms with van der Waals surface area (Å²) in [5.41, 5.74) is 10.0. The van der Waals surface area contributed by atoms with Crippen molar-refractivity contribution in [3.05, 3.63) is 53.0 Å². The van der Waals surface area contributed by atoms with Crippen molar-refractivity contribution in [3.63, 3.8) is 0 Å². The lowest BCUT2D eigenvalue weighted by Gasteiger charge is -2.41. The molecular weight excluding hydrogens is 424 g/mol. The van der Waals surface area contributed by atoms with Crippen molar-refractivity contribution in [3.8, 4) is 0 Å². The van der Waals surface area contributed by atoms with E-state index in [0.29, 0.717) is 24.3 Å². The van der Waals surface area contributed by atoms with Gasteiger partial charge < -0.3 is 20.9 Å². The van der Waals surface area contributed by atoms with Gasteiger partial charge in [-0.2, -0.15) is 0 Å². The molecule has 0 spiro atoms. The van der Waals surface area contributed by atoms with Crippen molar-refractivity contribution in [2.24, 2.45) is 5.73 Å². The molecule has 2 aromatic rings. The fourth-order valence-electron chi connectivity index (χ4n) is 5.02. The van der Waals surface area contributed by atoms with E-state index in [9.17, 15) is 4.79 Å². The molecule has 0 unspecified atom stereocenters. The number of carbonyl (C=O) groups is 1. The fourth-order valence-corrected chi connectivity index (χ4v) is 5.02. The quantitative estimate of drug-likeness (QED) is 0.701. The van der Waals surface area contributed by atoms with Crippen molar-refractivity contribution in [2.75, 3.05) is 31.5 Å². The topological polar surface area (TPSA) is 87.4 Å². The summed E-state index contributed by atoms with van der Waals surface area (Å²) in [4.78, 5) is 26.6. The van der Waals surface area contributed by atoms with Gasteiger partial charge in [0.25, 0.3) is 5.91 Å². The lowest BCUT2D eigenvalue weighted by molar-refractivity contribution is 0.0574. The summed E-state index contributed by atoms with van der Waals surface area (Å²) < 4.78 is 0. The average Bonchev–Trinajstić information content (AvgIpc) is 2.83. The summed E-state index contributed by atoms with van der Waals surface area (Å²) in [6.45, 7) is 13.0. The van der Waals surface area contributed by atoms with Crippen LogP contribution in [0.15, 0.2) is 30.6 Å². The molecule has 0 aliphatic carbocycles. The van der Waals surface area contributed by atoms with Crippen LogP contribution in [0.4, 0.5) is 5.82 Å². The minimum Gasteiger partial charge on any atom is -0.366 e. The molecule has 7 nitrogen and oxygen atoms in total. The highest BCUT2D eigenvalue weighted by Gasteiger charge is 2.30. The molecule has 0 atom stereocenters. The third-order valence-electron chi connectivity index (χ3n) is 7.41. The Balaban J connectivity index is 1.34. The molecule has 2 aliphatic rings. The Bertz CT molecular complexity index is 968. The fraction of sp³-hybridized carbons (Fsp3) is 0.593. The monoisotopic (exact) mass is 464 g/mol. The highest BCUT2D eigenvalue weighted by molar-refractivity contribution is 5.94. The van der Waals surface area contributed by atoms with Crippen molar-refractivity contribution in [1.29, 1.82) is 0 Å². The van der Waals surface area contributed by atoms with Crippen LogP contribution in [0, 0.1) is 6.92 Å². The summed E-state index contributed by atoms with van der Waals surface area (Å²) in [7, 11) is 0. The van der Waals surface area contributed by atoms with Crippen molar-refractivity contribution < 1.29 is 4.79 Å². The van der Waals surface area contributed by atoms with Crippen LogP contribution >= 0.6 is 0 Å². The molecule has 2 aliphatic heterocycles. The summed E-state index contributed by atoms with van der Waals surface area (Å²) in [6.07, 6.45) is 5.68. The van der Waals surface area contributed by atoms with Crippen LogP contribution in [0.2, 0.25) is 0 Å². The highest BCUT2D eigenvalue weighted by atomic mass is 16.2. The molecule has 0 saturated carbocycles. The third kappa shape index (κ3) is 5.76. The Morgan fingerprint density at radius 3 is 2.29 bits per heavy atom. The highest BCUT2D eigenvalue weighted by Crippen LogP contribution is 2.24. The first kappa shape index (κ1) is 24.6. The number of nitrogens with two attached hydrogens (primary N) is 1. The van der Waals surface area contributed by atoms with E-state index in [2.05, 4.69) is 65.2 Å². The first-order valence-electron chi connectivity index (χ1n) is 12.7. The van der Waals surface area contributed by atoms with Crippen LogP contribution in [-0.4, -0.2) is 63.9 Å². The zero-order valence-electron chi connectivity index (χ0n) is 21.2. The van der Waals surface area contributed by atoms with Gasteiger partial charge >= 0.3 is 0 Å². The van der Waals surface area contributed by atoms with E-state index in [0.717, 1.165) is 63.2 Å². The van der Waals surface area contributed by atoms with Gasteiger partial charge in [-0.25, -0.2) is 9.97 Å². The number of likely N-dealkylation sites (tertiary alicyclic amines) is 2. The Morgan fingerprint density at radius 1 is 1.03 bits per heavy atom. The van der Waals surface area contributed by atoms with Crippen molar-refractivity contribution >= 4 is 11.7 Å². The minimum absolute atomic E-state index is 0.0107. The number of anilines is 1. The normalized spacial score (nSPS) is 18.8. The number of aromatic nitrogens is 2. The van der Waals surface area contributed by atoms with E-state index in [1.165, 1.54) is 17.5 Å². The molecule has 3 heterocycles. The Hall–Kier alpha value is -2.51. The first-order chi connectivity index (χ1) is 16.2. The Kier molecular flexibility index (Phi) is 7.53. The zero-order chi connectivity index (χ0) is 24.3. The molecule has 0 bridgehead atoms. The summed E-state index contributed by atoms with van der Waals surface area (Å²) in [5.74, 6) is 0.731. The predicted molar refractivity (Wildman–Crippen MR) is 137 cm³/mol. The van der Waals surface area contributed by atoms with Crippen LogP contribution in [0.25, 0.3) is 0 Å². The molecule has 34 heavy (non-hydrogen) atoms. The van der Waals surface area contributed by atoms with Gasteiger partial charge in [0, 0.05) is 37.3 Å². The maximum absolute atomic E-state index is 13.3. The van der Waals surface area contributed by atoms with Crippen LogP contribution < -0.4 is 11.1 Å². The van der Waals surface area contributed by atoms with Gasteiger partial charge in [-0.1, -0.05) is 45.0 Å². The van der Waals surface area contributed by atoms with Crippen molar-refractivity contribution in [2.45, 2.75) is 77.4 Å². The number of hydrogen-bond donors (Lipinski definition) is 2. The van der Waals surface area contributed by atoms with Gasteiger partial charge in [-0.15, -0.1) is 0 Å². The molecule has 0 radical (unpaired) electrons. The second kappa shape index (κ2) is 10.4. The average molecular weight is 465 g/mol. The standard InChI is InChI=1S/C27H40N6O/c1-19-24(26(34)33-15-11-23(12-16-33)32-13-9-22(28)10-14-32)30-18-31-25(19)29-17-20-5-7-21(8-6-20)27(2,3)4/h5-8,18,22-23H,9-17,28H2,1-4H3,(H,29,30,31). The molecule has 2 fully saturated rings. The Labute approximate surface area is 204 Å². The minimum atomic E-state index is 0.0107. The summed E-state index contributed by atoms with van der Waals surface area (Å²) in [5, 5.41) is 3.40. The summed E-state index contributed by atoms with van der Waals surface area (Å²) >= 11 is 0. The second-order valence-corrected chi connectivity index (χ2v) is 10.9. The number of amides is 1. The molecule has 1 aromatic heterocycles. The molecular formula is C27H40N6O. The van der Waals surface area contributed by atoms with Crippen molar-refractivity contribution in [1.82, 2.24) is 19.8 Å². The van der Waals surface area contributed by atoms with Gasteiger partial charge in [0.1, 0.15) is 17.8 Å². The van der Waals surface area contributed by atoms with Gasteiger partial charge in [0.05, 0.1) is 0 Å². The molecule has 7 heteroatoms. The maximum Gasteiger partial charge on any atom is 0.272 e. The largest absolute Gasteiger partial charge is 0.366 e. The number of carbonyl (C=O) groups excluding carboxylic acids is 1. The first-order valence-corrected chi connectivity index (χ1v) is 12.7. The molecule has 2 saturated heterocycles. The molecule has 1 amide bonds. The number of hydrogen-bond acceptors (Lipinski definition) is 6. The number of benzene rings is 1. The van der Waals surface area contributed by atoms with Crippen LogP contribution in [0.3, 0.4) is 0 Å². The van der Waals surface area contributed by atoms with Gasteiger partial charge in [-0.05, 0) is 62.2 Å². The van der Waals surface area contributed by atoms with Gasteiger partial charge in [0.15, 0.2) is 0 Å². The molecule has 184 valence electrons. The number of piperidine rings is 2. The molecule has 3 N–H and O–H groups in total. The molecule has 1 aromatic carbocycles. The van der Waals surface area contributed by atoms with Crippen LogP contribution in [0.1, 0.15) is 73.6 Å². The van der Waals surface area contributed by atoms with Crippen LogP contribution in [-0.2, 0) is 12.0 Å². The Morgan fingerprint density at radius 2 is 1.68 bits per heavy atom. The number of nitrogens with zero attached hydrogens (tertiary/aromatic N) is 4. The van der Waals surface area contributed by atoms with E-state index in [4.69, 9.17) is 5.73 Å². The second-order valence-electron chi connectivity index (χ2n) is 10.9. The number of rotatable bonds is 5. The van der Waals surface area contributed by atoms with E-state index >= 15 is 0 Å².